The molecule has 4 rings (SSSR count). The van der Waals surface area contributed by atoms with Crippen LogP contribution in [0.1, 0.15) is 11.5 Å². The number of carbonyl (C=O) groups excluding carboxylic acids is 1. The fraction of sp³-hybridized carbons (Fsp3) is 0.316. The molecule has 1 aromatic carbocycles. The zero-order chi connectivity index (χ0) is 19.0. The number of likely N-dealkylation sites (tertiary alicyclic amines) is 1. The van der Waals surface area contributed by atoms with Crippen LogP contribution in [0.15, 0.2) is 49.1 Å². The topological polar surface area (TPSA) is 61.4 Å². The molecule has 1 aromatic heterocycles. The molecule has 140 valence electrons. The Balaban J connectivity index is 1.36. The number of aromatic nitrogens is 2. The van der Waals surface area contributed by atoms with Gasteiger partial charge in [-0.1, -0.05) is 18.7 Å². The minimum atomic E-state index is -0.943. The molecule has 0 radical (unpaired) electrons. The van der Waals surface area contributed by atoms with Crippen molar-refractivity contribution < 1.29 is 13.6 Å². The SMILES string of the molecule is C=C(F)C(=O)N1CC(Nc2nccnc2N2CC(c3ccc(F)cc3)C2)C1. The van der Waals surface area contributed by atoms with Crippen molar-refractivity contribution in [3.63, 3.8) is 0 Å². The smallest absolute Gasteiger partial charge is 0.282 e. The molecule has 0 aliphatic carbocycles. The summed E-state index contributed by atoms with van der Waals surface area (Å²) >= 11 is 0. The summed E-state index contributed by atoms with van der Waals surface area (Å²) in [6, 6.07) is 6.57. The number of amides is 1. The van der Waals surface area contributed by atoms with Gasteiger partial charge in [0.1, 0.15) is 5.82 Å². The van der Waals surface area contributed by atoms with Crippen molar-refractivity contribution in [2.45, 2.75) is 12.0 Å². The van der Waals surface area contributed by atoms with Crippen molar-refractivity contribution in [2.75, 3.05) is 36.4 Å². The first-order valence-electron chi connectivity index (χ1n) is 8.73. The minimum absolute atomic E-state index is 0.00192. The van der Waals surface area contributed by atoms with E-state index in [1.807, 2.05) is 12.1 Å². The molecule has 3 heterocycles. The number of rotatable bonds is 5. The molecule has 2 fully saturated rings. The van der Waals surface area contributed by atoms with Gasteiger partial charge < -0.3 is 15.1 Å². The molecule has 1 amide bonds. The summed E-state index contributed by atoms with van der Waals surface area (Å²) in [6.45, 7) is 5.38. The van der Waals surface area contributed by atoms with Gasteiger partial charge in [0.05, 0.1) is 6.04 Å². The van der Waals surface area contributed by atoms with Gasteiger partial charge in [-0.2, -0.15) is 0 Å². The number of anilines is 2. The van der Waals surface area contributed by atoms with Crippen molar-refractivity contribution in [3.8, 4) is 0 Å². The molecular weight excluding hydrogens is 352 g/mol. The third kappa shape index (κ3) is 3.47. The molecule has 27 heavy (non-hydrogen) atoms. The number of hydrogen-bond acceptors (Lipinski definition) is 5. The molecule has 2 saturated heterocycles. The third-order valence-electron chi connectivity index (χ3n) is 4.94. The molecule has 2 aliphatic heterocycles. The van der Waals surface area contributed by atoms with E-state index in [1.54, 1.807) is 12.4 Å². The van der Waals surface area contributed by atoms with Gasteiger partial charge in [-0.3, -0.25) is 4.79 Å². The summed E-state index contributed by atoms with van der Waals surface area (Å²) in [6.07, 6.45) is 3.24. The van der Waals surface area contributed by atoms with Gasteiger partial charge in [0.25, 0.3) is 5.91 Å². The summed E-state index contributed by atoms with van der Waals surface area (Å²) in [5.74, 6) is -0.132. The highest BCUT2D eigenvalue weighted by atomic mass is 19.1. The fourth-order valence-corrected chi connectivity index (χ4v) is 3.36. The number of carbonyl (C=O) groups is 1. The van der Waals surface area contributed by atoms with Crippen LogP contribution in [0.2, 0.25) is 0 Å². The normalized spacial score (nSPS) is 17.3. The highest BCUT2D eigenvalue weighted by Crippen LogP contribution is 2.34. The van der Waals surface area contributed by atoms with Crippen molar-refractivity contribution in [3.05, 3.63) is 60.4 Å². The molecule has 6 nitrogen and oxygen atoms in total. The zero-order valence-electron chi connectivity index (χ0n) is 14.6. The van der Waals surface area contributed by atoms with Crippen molar-refractivity contribution in [2.24, 2.45) is 0 Å². The van der Waals surface area contributed by atoms with E-state index in [0.29, 0.717) is 24.8 Å². The van der Waals surface area contributed by atoms with E-state index in [2.05, 4.69) is 26.8 Å². The van der Waals surface area contributed by atoms with Crippen LogP contribution >= 0.6 is 0 Å². The molecule has 1 N–H and O–H groups in total. The van der Waals surface area contributed by atoms with E-state index in [4.69, 9.17) is 0 Å². The monoisotopic (exact) mass is 371 g/mol. The standard InChI is InChI=1S/C19H19F2N5O/c1-12(20)19(27)26-10-16(11-26)24-17-18(23-7-6-22-17)25-8-14(9-25)13-2-4-15(21)5-3-13/h2-7,14,16H,1,8-11H2,(H,22,24). The van der Waals surface area contributed by atoms with Gasteiger partial charge in [0, 0.05) is 44.5 Å². The van der Waals surface area contributed by atoms with Crippen LogP contribution in [0.5, 0.6) is 0 Å². The second-order valence-electron chi connectivity index (χ2n) is 6.84. The summed E-state index contributed by atoms with van der Waals surface area (Å²) in [4.78, 5) is 23.8. The highest BCUT2D eigenvalue weighted by molar-refractivity contribution is 5.91. The second kappa shape index (κ2) is 6.94. The number of nitrogens with zero attached hydrogens (tertiary/aromatic N) is 4. The first-order valence-corrected chi connectivity index (χ1v) is 8.73. The number of benzene rings is 1. The molecule has 2 aliphatic rings. The van der Waals surface area contributed by atoms with Gasteiger partial charge in [-0.15, -0.1) is 0 Å². The van der Waals surface area contributed by atoms with Crippen LogP contribution in [0.3, 0.4) is 0 Å². The molecule has 2 aromatic rings. The van der Waals surface area contributed by atoms with Gasteiger partial charge in [0.2, 0.25) is 0 Å². The average molecular weight is 371 g/mol. The lowest BCUT2D eigenvalue weighted by molar-refractivity contribution is -0.132. The lowest BCUT2D eigenvalue weighted by Crippen LogP contribution is -2.57. The molecule has 0 unspecified atom stereocenters. The first kappa shape index (κ1) is 17.4. The molecular formula is C19H19F2N5O. The van der Waals surface area contributed by atoms with Crippen LogP contribution in [0.4, 0.5) is 20.4 Å². The second-order valence-corrected chi connectivity index (χ2v) is 6.84. The first-order chi connectivity index (χ1) is 13.0. The fourth-order valence-electron chi connectivity index (χ4n) is 3.36. The van der Waals surface area contributed by atoms with Crippen LogP contribution in [0.25, 0.3) is 0 Å². The Morgan fingerprint density at radius 3 is 2.44 bits per heavy atom. The van der Waals surface area contributed by atoms with E-state index in [0.717, 1.165) is 24.5 Å². The number of hydrogen-bond donors (Lipinski definition) is 1. The molecule has 0 bridgehead atoms. The van der Waals surface area contributed by atoms with Gasteiger partial charge >= 0.3 is 0 Å². The van der Waals surface area contributed by atoms with E-state index in [1.165, 1.54) is 17.0 Å². The Labute approximate surface area is 155 Å². The predicted molar refractivity (Wildman–Crippen MR) is 97.6 cm³/mol. The Morgan fingerprint density at radius 1 is 1.11 bits per heavy atom. The highest BCUT2D eigenvalue weighted by Gasteiger charge is 2.35. The van der Waals surface area contributed by atoms with Crippen LogP contribution in [-0.2, 0) is 4.79 Å². The summed E-state index contributed by atoms with van der Waals surface area (Å²) in [5.41, 5.74) is 1.10. The minimum Gasteiger partial charge on any atom is -0.361 e. The quantitative estimate of drug-likeness (QED) is 0.818. The van der Waals surface area contributed by atoms with E-state index in [9.17, 15) is 13.6 Å². The molecule has 8 heteroatoms. The number of halogens is 2. The maximum absolute atomic E-state index is 13.1. The van der Waals surface area contributed by atoms with E-state index in [-0.39, 0.29) is 11.9 Å². The van der Waals surface area contributed by atoms with Crippen molar-refractivity contribution in [1.82, 2.24) is 14.9 Å². The molecule has 0 atom stereocenters. The predicted octanol–water partition coefficient (Wildman–Crippen LogP) is 2.33. The Kier molecular flexibility index (Phi) is 4.47. The maximum atomic E-state index is 13.1. The Bertz CT molecular complexity index is 861. The van der Waals surface area contributed by atoms with Crippen molar-refractivity contribution in [1.29, 1.82) is 0 Å². The Morgan fingerprint density at radius 2 is 1.78 bits per heavy atom. The van der Waals surface area contributed by atoms with Crippen LogP contribution < -0.4 is 10.2 Å². The van der Waals surface area contributed by atoms with Gasteiger partial charge in [-0.05, 0) is 17.7 Å². The zero-order valence-corrected chi connectivity index (χ0v) is 14.6. The molecule has 0 saturated carbocycles. The summed E-state index contributed by atoms with van der Waals surface area (Å²) in [7, 11) is 0. The average Bonchev–Trinajstić information content (AvgIpc) is 2.58. The van der Waals surface area contributed by atoms with Gasteiger partial charge in [-0.25, -0.2) is 18.7 Å². The number of nitrogens with one attached hydrogen (secondary N) is 1. The third-order valence-corrected chi connectivity index (χ3v) is 4.94. The van der Waals surface area contributed by atoms with Crippen LogP contribution in [0, 0.1) is 5.82 Å². The van der Waals surface area contributed by atoms with Gasteiger partial charge in [0.15, 0.2) is 17.5 Å². The lowest BCUT2D eigenvalue weighted by atomic mass is 9.91. The summed E-state index contributed by atoms with van der Waals surface area (Å²) in [5, 5.41) is 3.27. The van der Waals surface area contributed by atoms with E-state index < -0.39 is 11.7 Å². The largest absolute Gasteiger partial charge is 0.361 e. The lowest BCUT2D eigenvalue weighted by Gasteiger charge is -2.42. The maximum Gasteiger partial charge on any atom is 0.282 e. The molecule has 0 spiro atoms. The van der Waals surface area contributed by atoms with Crippen LogP contribution in [-0.4, -0.2) is 53.0 Å². The van der Waals surface area contributed by atoms with E-state index >= 15 is 0 Å². The summed E-state index contributed by atoms with van der Waals surface area (Å²) < 4.78 is 25.9. The Hall–Kier alpha value is -3.03. The van der Waals surface area contributed by atoms with Crippen molar-refractivity contribution >= 4 is 17.5 Å².